The van der Waals surface area contributed by atoms with Crippen molar-refractivity contribution in [2.45, 2.75) is 13.8 Å². The van der Waals surface area contributed by atoms with Crippen LogP contribution in [0.1, 0.15) is 13.8 Å². The SMILES string of the molecule is CC1=C2C=CC=CC2(C)C2C=CC=CC2=C1. The molecule has 0 saturated carbocycles. The average molecular weight is 208 g/mol. The maximum absolute atomic E-state index is 2.34. The summed E-state index contributed by atoms with van der Waals surface area (Å²) in [7, 11) is 0. The monoisotopic (exact) mass is 208 g/mol. The Morgan fingerprint density at radius 3 is 2.75 bits per heavy atom. The first kappa shape index (κ1) is 9.65. The zero-order chi connectivity index (χ0) is 11.2. The summed E-state index contributed by atoms with van der Waals surface area (Å²) in [5.74, 6) is 0.498. The van der Waals surface area contributed by atoms with E-state index in [0.717, 1.165) is 0 Å². The zero-order valence-corrected chi connectivity index (χ0v) is 9.77. The summed E-state index contributed by atoms with van der Waals surface area (Å²) in [5, 5.41) is 0. The van der Waals surface area contributed by atoms with E-state index in [9.17, 15) is 0 Å². The average Bonchev–Trinajstić information content (AvgIpc) is 2.29. The summed E-state index contributed by atoms with van der Waals surface area (Å²) in [6.45, 7) is 4.56. The van der Waals surface area contributed by atoms with E-state index >= 15 is 0 Å². The van der Waals surface area contributed by atoms with Crippen LogP contribution in [0, 0.1) is 11.3 Å². The fraction of sp³-hybridized carbons (Fsp3) is 0.250. The van der Waals surface area contributed by atoms with E-state index in [1.54, 1.807) is 0 Å². The maximum Gasteiger partial charge on any atom is 0.0213 e. The predicted molar refractivity (Wildman–Crippen MR) is 68.9 cm³/mol. The first-order chi connectivity index (χ1) is 7.72. The lowest BCUT2D eigenvalue weighted by Gasteiger charge is -2.41. The highest BCUT2D eigenvalue weighted by molar-refractivity contribution is 5.55. The Morgan fingerprint density at radius 2 is 1.88 bits per heavy atom. The predicted octanol–water partition coefficient (Wildman–Crippen LogP) is 4.12. The van der Waals surface area contributed by atoms with Crippen molar-refractivity contribution in [2.24, 2.45) is 11.3 Å². The molecule has 0 spiro atoms. The molecule has 3 rings (SSSR count). The summed E-state index contributed by atoms with van der Waals surface area (Å²) in [6, 6.07) is 0. The van der Waals surface area contributed by atoms with Crippen LogP contribution in [0.4, 0.5) is 0 Å². The molecule has 0 aromatic heterocycles. The molecular weight excluding hydrogens is 192 g/mol. The second-order valence-electron chi connectivity index (χ2n) is 4.96. The third-order valence-electron chi connectivity index (χ3n) is 3.91. The van der Waals surface area contributed by atoms with Gasteiger partial charge in [0.05, 0.1) is 0 Å². The number of fused-ring (bicyclic) bond motifs is 3. The number of rotatable bonds is 0. The van der Waals surface area contributed by atoms with E-state index < -0.39 is 0 Å². The molecule has 0 aromatic rings. The van der Waals surface area contributed by atoms with E-state index in [4.69, 9.17) is 0 Å². The second kappa shape index (κ2) is 3.21. The topological polar surface area (TPSA) is 0 Å². The van der Waals surface area contributed by atoms with Crippen LogP contribution >= 0.6 is 0 Å². The van der Waals surface area contributed by atoms with Gasteiger partial charge in [-0.05, 0) is 23.6 Å². The quantitative estimate of drug-likeness (QED) is 0.562. The van der Waals surface area contributed by atoms with Crippen LogP contribution in [0.5, 0.6) is 0 Å². The Morgan fingerprint density at radius 1 is 1.06 bits per heavy atom. The van der Waals surface area contributed by atoms with Crippen molar-refractivity contribution in [1.82, 2.24) is 0 Å². The molecule has 0 nitrogen and oxygen atoms in total. The Labute approximate surface area is 97.1 Å². The highest BCUT2D eigenvalue weighted by Crippen LogP contribution is 2.49. The Balaban J connectivity index is 2.23. The van der Waals surface area contributed by atoms with Gasteiger partial charge in [0, 0.05) is 11.3 Å². The Hall–Kier alpha value is -1.56. The van der Waals surface area contributed by atoms with Crippen LogP contribution in [-0.4, -0.2) is 0 Å². The van der Waals surface area contributed by atoms with E-state index in [0.29, 0.717) is 5.92 Å². The van der Waals surface area contributed by atoms with Crippen molar-refractivity contribution in [3.63, 3.8) is 0 Å². The highest BCUT2D eigenvalue weighted by atomic mass is 14.4. The van der Waals surface area contributed by atoms with E-state index in [2.05, 4.69) is 68.5 Å². The van der Waals surface area contributed by atoms with E-state index in [1.807, 2.05) is 0 Å². The minimum absolute atomic E-state index is 0.143. The highest BCUT2D eigenvalue weighted by Gasteiger charge is 2.39. The fourth-order valence-corrected chi connectivity index (χ4v) is 3.07. The molecule has 0 heterocycles. The number of hydrogen-bond acceptors (Lipinski definition) is 0. The molecule has 2 unspecified atom stereocenters. The summed E-state index contributed by atoms with van der Waals surface area (Å²) in [6.07, 6.45) is 20.1. The molecule has 0 saturated heterocycles. The van der Waals surface area contributed by atoms with Gasteiger partial charge in [0.2, 0.25) is 0 Å². The molecule has 0 N–H and O–H groups in total. The van der Waals surface area contributed by atoms with Crippen molar-refractivity contribution in [1.29, 1.82) is 0 Å². The molecule has 2 atom stereocenters. The van der Waals surface area contributed by atoms with Crippen molar-refractivity contribution >= 4 is 0 Å². The first-order valence-electron chi connectivity index (χ1n) is 5.85. The van der Waals surface area contributed by atoms with Crippen molar-refractivity contribution in [3.05, 3.63) is 71.4 Å². The molecule has 0 fully saturated rings. The van der Waals surface area contributed by atoms with Gasteiger partial charge in [-0.25, -0.2) is 0 Å². The minimum Gasteiger partial charge on any atom is -0.0758 e. The largest absolute Gasteiger partial charge is 0.0758 e. The van der Waals surface area contributed by atoms with E-state index in [-0.39, 0.29) is 5.41 Å². The van der Waals surface area contributed by atoms with Gasteiger partial charge in [0.1, 0.15) is 0 Å². The Kier molecular flexibility index (Phi) is 1.94. The van der Waals surface area contributed by atoms with Gasteiger partial charge in [0.25, 0.3) is 0 Å². The lowest BCUT2D eigenvalue weighted by molar-refractivity contribution is 0.416. The molecule has 3 aliphatic rings. The number of hydrogen-bond donors (Lipinski definition) is 0. The molecule has 80 valence electrons. The zero-order valence-electron chi connectivity index (χ0n) is 9.77. The molecule has 0 bridgehead atoms. The van der Waals surface area contributed by atoms with Crippen LogP contribution in [-0.2, 0) is 0 Å². The molecule has 0 radical (unpaired) electrons. The third kappa shape index (κ3) is 1.16. The standard InChI is InChI=1S/C16H16/c1-12-11-13-7-3-4-9-15(13)16(2)10-6-5-8-14(12)16/h3-11,15H,1-2H3. The molecule has 16 heavy (non-hydrogen) atoms. The molecule has 0 amide bonds. The lowest BCUT2D eigenvalue weighted by atomic mass is 9.62. The molecule has 3 aliphatic carbocycles. The minimum atomic E-state index is 0.143. The van der Waals surface area contributed by atoms with Gasteiger partial charge in [-0.2, -0.15) is 0 Å². The molecule has 0 aromatic carbocycles. The summed E-state index contributed by atoms with van der Waals surface area (Å²) < 4.78 is 0. The van der Waals surface area contributed by atoms with Gasteiger partial charge >= 0.3 is 0 Å². The van der Waals surface area contributed by atoms with Crippen LogP contribution < -0.4 is 0 Å². The van der Waals surface area contributed by atoms with Gasteiger partial charge in [0.15, 0.2) is 0 Å². The van der Waals surface area contributed by atoms with Crippen LogP contribution in [0.2, 0.25) is 0 Å². The van der Waals surface area contributed by atoms with Gasteiger partial charge < -0.3 is 0 Å². The smallest absolute Gasteiger partial charge is 0.0213 e. The fourth-order valence-electron chi connectivity index (χ4n) is 3.07. The van der Waals surface area contributed by atoms with Crippen molar-refractivity contribution in [3.8, 4) is 0 Å². The van der Waals surface area contributed by atoms with E-state index in [1.165, 1.54) is 16.7 Å². The van der Waals surface area contributed by atoms with Gasteiger partial charge in [-0.3, -0.25) is 0 Å². The summed E-state index contributed by atoms with van der Waals surface area (Å²) >= 11 is 0. The molecule has 0 aliphatic heterocycles. The number of allylic oxidation sites excluding steroid dienone is 12. The Bertz CT molecular complexity index is 506. The van der Waals surface area contributed by atoms with Crippen LogP contribution in [0.25, 0.3) is 0 Å². The second-order valence-corrected chi connectivity index (χ2v) is 4.96. The summed E-state index contributed by atoms with van der Waals surface area (Å²) in [5.41, 5.74) is 4.44. The molecule has 0 heteroatoms. The van der Waals surface area contributed by atoms with Crippen molar-refractivity contribution in [2.75, 3.05) is 0 Å². The summed E-state index contributed by atoms with van der Waals surface area (Å²) in [4.78, 5) is 0. The first-order valence-corrected chi connectivity index (χ1v) is 5.85. The van der Waals surface area contributed by atoms with Gasteiger partial charge in [-0.1, -0.05) is 61.6 Å². The van der Waals surface area contributed by atoms with Crippen LogP contribution in [0.3, 0.4) is 0 Å². The van der Waals surface area contributed by atoms with Crippen molar-refractivity contribution < 1.29 is 0 Å². The van der Waals surface area contributed by atoms with Gasteiger partial charge in [-0.15, -0.1) is 0 Å². The third-order valence-corrected chi connectivity index (χ3v) is 3.91. The lowest BCUT2D eigenvalue weighted by Crippen LogP contribution is -2.31. The maximum atomic E-state index is 2.34. The molecular formula is C16H16. The van der Waals surface area contributed by atoms with Crippen LogP contribution in [0.15, 0.2) is 71.4 Å². The normalized spacial score (nSPS) is 34.9.